The third-order valence-corrected chi connectivity index (χ3v) is 3.19. The van der Waals surface area contributed by atoms with Gasteiger partial charge in [-0.2, -0.15) is 0 Å². The molecule has 0 unspecified atom stereocenters. The molecule has 2 heteroatoms. The van der Waals surface area contributed by atoms with E-state index in [0.29, 0.717) is 0 Å². The minimum Gasteiger partial charge on any atom is -0.504 e. The summed E-state index contributed by atoms with van der Waals surface area (Å²) in [6.07, 6.45) is 12.9. The molecule has 2 bridgehead atoms. The van der Waals surface area contributed by atoms with E-state index in [2.05, 4.69) is 12.2 Å². The quantitative estimate of drug-likeness (QED) is 0.751. The number of hydrogen-bond donors (Lipinski definition) is 1. The van der Waals surface area contributed by atoms with Gasteiger partial charge in [-0.25, -0.2) is 0 Å². The predicted molar refractivity (Wildman–Crippen MR) is 73.2 cm³/mol. The Hall–Kier alpha value is -2.35. The topological polar surface area (TPSA) is 37.3 Å². The Bertz CT molecular complexity index is 689. The first-order chi connectivity index (χ1) is 8.74. The van der Waals surface area contributed by atoms with Crippen LogP contribution in [0.15, 0.2) is 58.9 Å². The molecule has 0 saturated heterocycles. The number of allylic oxidation sites excluding steroid dienone is 7. The van der Waals surface area contributed by atoms with Crippen LogP contribution in [0.25, 0.3) is 11.6 Å². The molecule has 1 aromatic rings. The molecule has 0 heterocycles. The van der Waals surface area contributed by atoms with E-state index in [9.17, 15) is 9.90 Å². The summed E-state index contributed by atoms with van der Waals surface area (Å²) in [6, 6.07) is 4.77. The molecular formula is C16H12O2. The van der Waals surface area contributed by atoms with Gasteiger partial charge in [0.25, 0.3) is 0 Å². The zero-order chi connectivity index (χ0) is 12.5. The normalized spacial score (nSPS) is 16.2. The molecule has 18 heavy (non-hydrogen) atoms. The number of aromatic hydroxyl groups is 1. The third kappa shape index (κ3) is 1.82. The average Bonchev–Trinajstić information content (AvgIpc) is 2.73. The molecule has 2 aliphatic rings. The Morgan fingerprint density at radius 3 is 2.78 bits per heavy atom. The van der Waals surface area contributed by atoms with Gasteiger partial charge in [0, 0.05) is 0 Å². The molecule has 0 aromatic heterocycles. The second-order valence-corrected chi connectivity index (χ2v) is 4.42. The number of rotatable bonds is 0. The molecule has 2 aliphatic carbocycles. The summed E-state index contributed by atoms with van der Waals surface area (Å²) in [5.41, 5.74) is 3.87. The molecule has 0 atom stereocenters. The molecule has 88 valence electrons. The van der Waals surface area contributed by atoms with Crippen molar-refractivity contribution in [1.82, 2.24) is 0 Å². The van der Waals surface area contributed by atoms with Crippen LogP contribution in [0.3, 0.4) is 0 Å². The van der Waals surface area contributed by atoms with E-state index in [1.54, 1.807) is 0 Å². The SMILES string of the molecule is O=c1cc2c(ccc1O)C1=CC=CC=C(C=C2)C1. The van der Waals surface area contributed by atoms with Gasteiger partial charge in [-0.15, -0.1) is 0 Å². The van der Waals surface area contributed by atoms with Crippen molar-refractivity contribution >= 4 is 11.6 Å². The molecular weight excluding hydrogens is 224 g/mol. The second kappa shape index (κ2) is 4.15. The van der Waals surface area contributed by atoms with Gasteiger partial charge in [-0.3, -0.25) is 4.79 Å². The summed E-state index contributed by atoms with van der Waals surface area (Å²) in [4.78, 5) is 11.6. The molecule has 0 fully saturated rings. The Balaban J connectivity index is 2.34. The monoisotopic (exact) mass is 236 g/mol. The van der Waals surface area contributed by atoms with E-state index < -0.39 is 0 Å². The van der Waals surface area contributed by atoms with E-state index in [1.165, 1.54) is 17.7 Å². The van der Waals surface area contributed by atoms with Crippen LogP contribution in [-0.4, -0.2) is 5.11 Å². The first-order valence-electron chi connectivity index (χ1n) is 5.86. The Kier molecular flexibility index (Phi) is 2.49. The summed E-state index contributed by atoms with van der Waals surface area (Å²) in [5.74, 6) is -0.211. The smallest absolute Gasteiger partial charge is 0.220 e. The van der Waals surface area contributed by atoms with Crippen molar-refractivity contribution in [1.29, 1.82) is 0 Å². The van der Waals surface area contributed by atoms with Crippen LogP contribution in [0.4, 0.5) is 0 Å². The van der Waals surface area contributed by atoms with Gasteiger partial charge in [0.05, 0.1) is 0 Å². The van der Waals surface area contributed by atoms with E-state index in [4.69, 9.17) is 0 Å². The Morgan fingerprint density at radius 2 is 1.89 bits per heavy atom. The lowest BCUT2D eigenvalue weighted by Gasteiger charge is -2.04. The number of hydrogen-bond acceptors (Lipinski definition) is 2. The molecule has 3 rings (SSSR count). The van der Waals surface area contributed by atoms with Crippen molar-refractivity contribution in [2.75, 3.05) is 0 Å². The highest BCUT2D eigenvalue weighted by atomic mass is 16.3. The van der Waals surface area contributed by atoms with Crippen molar-refractivity contribution in [2.45, 2.75) is 6.42 Å². The predicted octanol–water partition coefficient (Wildman–Crippen LogP) is 3.05. The minimum atomic E-state index is -0.347. The average molecular weight is 236 g/mol. The fourth-order valence-electron chi connectivity index (χ4n) is 2.25. The summed E-state index contributed by atoms with van der Waals surface area (Å²) in [6.45, 7) is 0. The number of fused-ring (bicyclic) bond motifs is 4. The highest BCUT2D eigenvalue weighted by Gasteiger charge is 2.12. The lowest BCUT2D eigenvalue weighted by Crippen LogP contribution is -1.94. The van der Waals surface area contributed by atoms with Gasteiger partial charge < -0.3 is 5.11 Å². The molecule has 0 saturated carbocycles. The van der Waals surface area contributed by atoms with Gasteiger partial charge in [0.2, 0.25) is 5.43 Å². The van der Waals surface area contributed by atoms with Gasteiger partial charge in [-0.05, 0) is 40.8 Å². The zero-order valence-corrected chi connectivity index (χ0v) is 9.76. The summed E-state index contributed by atoms with van der Waals surface area (Å²) >= 11 is 0. The van der Waals surface area contributed by atoms with Gasteiger partial charge >= 0.3 is 0 Å². The summed E-state index contributed by atoms with van der Waals surface area (Å²) < 4.78 is 0. The maximum absolute atomic E-state index is 11.6. The maximum Gasteiger partial charge on any atom is 0.220 e. The third-order valence-electron chi connectivity index (χ3n) is 3.19. The van der Waals surface area contributed by atoms with E-state index in [-0.39, 0.29) is 11.2 Å². The molecule has 1 aromatic carbocycles. The van der Waals surface area contributed by atoms with Crippen molar-refractivity contribution in [3.63, 3.8) is 0 Å². The molecule has 1 N–H and O–H groups in total. The van der Waals surface area contributed by atoms with Crippen molar-refractivity contribution in [3.8, 4) is 5.75 Å². The lowest BCUT2D eigenvalue weighted by molar-refractivity contribution is 0.471. The largest absolute Gasteiger partial charge is 0.504 e. The summed E-state index contributed by atoms with van der Waals surface area (Å²) in [5, 5.41) is 9.51. The van der Waals surface area contributed by atoms with E-state index >= 15 is 0 Å². The van der Waals surface area contributed by atoms with Gasteiger partial charge in [0.15, 0.2) is 5.75 Å². The van der Waals surface area contributed by atoms with Crippen molar-refractivity contribution in [3.05, 3.63) is 75.5 Å². The van der Waals surface area contributed by atoms with Crippen molar-refractivity contribution in [2.24, 2.45) is 0 Å². The first kappa shape index (κ1) is 10.8. The highest BCUT2D eigenvalue weighted by molar-refractivity contribution is 5.80. The lowest BCUT2D eigenvalue weighted by atomic mass is 10.00. The van der Waals surface area contributed by atoms with Crippen LogP contribution >= 0.6 is 0 Å². The van der Waals surface area contributed by atoms with Gasteiger partial charge in [0.1, 0.15) is 0 Å². The summed E-state index contributed by atoms with van der Waals surface area (Å²) in [7, 11) is 0. The highest BCUT2D eigenvalue weighted by Crippen LogP contribution is 2.31. The molecule has 0 amide bonds. The molecule has 2 nitrogen and oxygen atoms in total. The molecule has 0 spiro atoms. The second-order valence-electron chi connectivity index (χ2n) is 4.42. The van der Waals surface area contributed by atoms with Crippen LogP contribution in [0, 0.1) is 0 Å². The Morgan fingerprint density at radius 1 is 1.06 bits per heavy atom. The van der Waals surface area contributed by atoms with Crippen LogP contribution in [0.1, 0.15) is 17.5 Å². The fourth-order valence-corrected chi connectivity index (χ4v) is 2.25. The standard InChI is InChI=1S/C16H12O2/c17-15-8-7-14-12-4-2-1-3-11(9-12)5-6-13(14)10-16(15)18/h1-8,10H,9H2,(H,17,18). The zero-order valence-electron chi connectivity index (χ0n) is 9.76. The van der Waals surface area contributed by atoms with Crippen LogP contribution in [0.2, 0.25) is 0 Å². The molecule has 0 radical (unpaired) electrons. The fraction of sp³-hybridized carbons (Fsp3) is 0.0625. The first-order valence-corrected chi connectivity index (χ1v) is 5.86. The Labute approximate surface area is 105 Å². The van der Waals surface area contributed by atoms with Crippen LogP contribution in [0.5, 0.6) is 5.75 Å². The minimum absolute atomic E-state index is 0.211. The van der Waals surface area contributed by atoms with Crippen molar-refractivity contribution < 1.29 is 5.11 Å². The van der Waals surface area contributed by atoms with Crippen LogP contribution < -0.4 is 5.43 Å². The van der Waals surface area contributed by atoms with E-state index in [0.717, 1.165) is 23.1 Å². The van der Waals surface area contributed by atoms with Gasteiger partial charge in [-0.1, -0.05) is 42.5 Å². The maximum atomic E-state index is 11.6. The van der Waals surface area contributed by atoms with E-state index in [1.807, 2.05) is 30.4 Å². The van der Waals surface area contributed by atoms with Crippen LogP contribution in [-0.2, 0) is 0 Å². The molecule has 0 aliphatic heterocycles.